The molecule has 10 heavy (non-hydrogen) atoms. The van der Waals surface area contributed by atoms with E-state index in [2.05, 4.69) is 12.6 Å². The third kappa shape index (κ3) is 3.26. The Bertz CT molecular complexity index is 155. The molecule has 0 saturated heterocycles. The first-order chi connectivity index (χ1) is 4.57. The molecule has 1 unspecified atom stereocenters. The summed E-state index contributed by atoms with van der Waals surface area (Å²) in [5, 5.41) is 8.50. The normalized spacial score (nSPS) is 12.7. The first kappa shape index (κ1) is 9.19. The van der Waals surface area contributed by atoms with Crippen LogP contribution in [0.4, 0.5) is 0 Å². The quantitative estimate of drug-likeness (QED) is 0.551. The molecule has 0 radical (unpaired) electrons. The number of nitrogens with zero attached hydrogens (tertiary/aromatic N) is 2. The van der Waals surface area contributed by atoms with Crippen LogP contribution in [-0.2, 0) is 0 Å². The van der Waals surface area contributed by atoms with Gasteiger partial charge in [0.05, 0.1) is 12.1 Å². The summed E-state index contributed by atoms with van der Waals surface area (Å²) in [6.45, 7) is 8.40. The summed E-state index contributed by atoms with van der Waals surface area (Å²) in [5.74, 6) is 0. The summed E-state index contributed by atoms with van der Waals surface area (Å²) in [5.41, 5.74) is 1.09. The van der Waals surface area contributed by atoms with Crippen molar-refractivity contribution < 1.29 is 0 Å². The van der Waals surface area contributed by atoms with Crippen LogP contribution in [0.25, 0.3) is 0 Å². The van der Waals surface area contributed by atoms with Gasteiger partial charge in [0.2, 0.25) is 0 Å². The van der Waals surface area contributed by atoms with E-state index in [1.165, 1.54) is 0 Å². The number of likely N-dealkylation sites (N-methyl/N-ethyl adjacent to an activating group) is 1. The smallest absolute Gasteiger partial charge is 0.0949 e. The van der Waals surface area contributed by atoms with Crippen molar-refractivity contribution in [2.45, 2.75) is 19.9 Å². The van der Waals surface area contributed by atoms with Gasteiger partial charge in [0.25, 0.3) is 0 Å². The zero-order valence-electron chi connectivity index (χ0n) is 6.89. The maximum atomic E-state index is 8.50. The molecular formula is C8H14N2. The molecule has 0 aliphatic rings. The van der Waals surface area contributed by atoms with Crippen LogP contribution in [0.3, 0.4) is 0 Å². The van der Waals surface area contributed by atoms with Gasteiger partial charge in [-0.05, 0) is 20.9 Å². The first-order valence-corrected chi connectivity index (χ1v) is 3.32. The Morgan fingerprint density at radius 2 is 2.30 bits per heavy atom. The molecule has 0 amide bonds. The molecule has 0 bridgehead atoms. The van der Waals surface area contributed by atoms with Crippen LogP contribution in [0.5, 0.6) is 0 Å². The average Bonchev–Trinajstić information content (AvgIpc) is 1.85. The summed E-state index contributed by atoms with van der Waals surface area (Å²) < 4.78 is 0. The molecule has 56 valence electrons. The Balaban J connectivity index is 3.75. The van der Waals surface area contributed by atoms with E-state index in [1.807, 2.05) is 25.8 Å². The van der Waals surface area contributed by atoms with E-state index in [0.717, 1.165) is 12.1 Å². The first-order valence-electron chi connectivity index (χ1n) is 3.32. The van der Waals surface area contributed by atoms with Gasteiger partial charge in [-0.1, -0.05) is 12.2 Å². The van der Waals surface area contributed by atoms with Crippen LogP contribution < -0.4 is 0 Å². The van der Waals surface area contributed by atoms with Crippen LogP contribution in [0.2, 0.25) is 0 Å². The molecule has 0 aliphatic carbocycles. The Kier molecular flexibility index (Phi) is 3.75. The monoisotopic (exact) mass is 138 g/mol. The lowest BCUT2D eigenvalue weighted by Crippen LogP contribution is -2.28. The summed E-state index contributed by atoms with van der Waals surface area (Å²) in [7, 11) is 1.92. The van der Waals surface area contributed by atoms with Gasteiger partial charge in [-0.25, -0.2) is 0 Å². The minimum absolute atomic E-state index is 0.0169. The third-order valence-corrected chi connectivity index (χ3v) is 1.37. The van der Waals surface area contributed by atoms with Crippen molar-refractivity contribution in [2.24, 2.45) is 0 Å². The molecule has 0 aromatic rings. The fourth-order valence-electron chi connectivity index (χ4n) is 0.661. The Morgan fingerprint density at radius 1 is 1.80 bits per heavy atom. The van der Waals surface area contributed by atoms with Crippen LogP contribution in [0.1, 0.15) is 13.8 Å². The van der Waals surface area contributed by atoms with Gasteiger partial charge in [0.15, 0.2) is 0 Å². The second-order valence-corrected chi connectivity index (χ2v) is 2.68. The third-order valence-electron chi connectivity index (χ3n) is 1.37. The number of hydrogen-bond donors (Lipinski definition) is 0. The maximum Gasteiger partial charge on any atom is 0.0949 e. The highest BCUT2D eigenvalue weighted by atomic mass is 15.1. The van der Waals surface area contributed by atoms with Gasteiger partial charge < -0.3 is 0 Å². The molecule has 0 fully saturated rings. The van der Waals surface area contributed by atoms with Crippen molar-refractivity contribution in [3.63, 3.8) is 0 Å². The molecule has 2 heteroatoms. The number of rotatable bonds is 3. The van der Waals surface area contributed by atoms with Crippen molar-refractivity contribution in [3.05, 3.63) is 12.2 Å². The van der Waals surface area contributed by atoms with Crippen molar-refractivity contribution in [3.8, 4) is 6.07 Å². The summed E-state index contributed by atoms with van der Waals surface area (Å²) in [6.07, 6.45) is 0. The molecule has 0 rings (SSSR count). The highest BCUT2D eigenvalue weighted by Crippen LogP contribution is 1.97. The maximum absolute atomic E-state index is 8.50. The van der Waals surface area contributed by atoms with Crippen LogP contribution in [-0.4, -0.2) is 24.5 Å². The number of hydrogen-bond acceptors (Lipinski definition) is 2. The molecule has 0 N–H and O–H groups in total. The Hall–Kier alpha value is -0.810. The highest BCUT2D eigenvalue weighted by Gasteiger charge is 2.05. The predicted molar refractivity (Wildman–Crippen MR) is 42.5 cm³/mol. The standard InChI is InChI=1S/C8H14N2/c1-7(2)6-10(4)8(3)5-9/h8H,1,6H2,2-4H3. The fourth-order valence-corrected chi connectivity index (χ4v) is 0.661. The van der Waals surface area contributed by atoms with Gasteiger partial charge in [0, 0.05) is 6.54 Å². The van der Waals surface area contributed by atoms with Crippen molar-refractivity contribution in [1.29, 1.82) is 5.26 Å². The largest absolute Gasteiger partial charge is 0.287 e. The van der Waals surface area contributed by atoms with Gasteiger partial charge in [-0.15, -0.1) is 0 Å². The second kappa shape index (κ2) is 4.08. The van der Waals surface area contributed by atoms with Crippen molar-refractivity contribution in [2.75, 3.05) is 13.6 Å². The second-order valence-electron chi connectivity index (χ2n) is 2.68. The SMILES string of the molecule is C=C(C)CN(C)C(C)C#N. The Labute approximate surface area is 62.8 Å². The van der Waals surface area contributed by atoms with Gasteiger partial charge >= 0.3 is 0 Å². The lowest BCUT2D eigenvalue weighted by molar-refractivity contribution is 0.328. The highest BCUT2D eigenvalue weighted by molar-refractivity contribution is 4.96. The molecule has 0 aliphatic heterocycles. The van der Waals surface area contributed by atoms with E-state index < -0.39 is 0 Å². The number of nitriles is 1. The lowest BCUT2D eigenvalue weighted by atomic mass is 10.3. The Morgan fingerprint density at radius 3 is 2.60 bits per heavy atom. The van der Waals surface area contributed by atoms with E-state index in [0.29, 0.717) is 0 Å². The molecule has 0 saturated carbocycles. The van der Waals surface area contributed by atoms with Crippen molar-refractivity contribution >= 4 is 0 Å². The molecule has 0 aromatic heterocycles. The minimum Gasteiger partial charge on any atom is -0.287 e. The summed E-state index contributed by atoms with van der Waals surface area (Å²) in [6, 6.07) is 2.14. The molecule has 0 heterocycles. The zero-order valence-corrected chi connectivity index (χ0v) is 6.89. The van der Waals surface area contributed by atoms with E-state index in [4.69, 9.17) is 5.26 Å². The van der Waals surface area contributed by atoms with Gasteiger partial charge in [0.1, 0.15) is 0 Å². The van der Waals surface area contributed by atoms with Crippen LogP contribution in [0, 0.1) is 11.3 Å². The molecule has 2 nitrogen and oxygen atoms in total. The summed E-state index contributed by atoms with van der Waals surface area (Å²) >= 11 is 0. The zero-order chi connectivity index (χ0) is 8.15. The van der Waals surface area contributed by atoms with Crippen LogP contribution >= 0.6 is 0 Å². The average molecular weight is 138 g/mol. The van der Waals surface area contributed by atoms with E-state index in [1.54, 1.807) is 0 Å². The molecule has 0 aromatic carbocycles. The van der Waals surface area contributed by atoms with Crippen molar-refractivity contribution in [1.82, 2.24) is 4.90 Å². The fraction of sp³-hybridized carbons (Fsp3) is 0.625. The van der Waals surface area contributed by atoms with E-state index in [9.17, 15) is 0 Å². The minimum atomic E-state index is -0.0169. The molecule has 0 spiro atoms. The topological polar surface area (TPSA) is 27.0 Å². The van der Waals surface area contributed by atoms with E-state index in [-0.39, 0.29) is 6.04 Å². The summed E-state index contributed by atoms with van der Waals surface area (Å²) in [4.78, 5) is 1.96. The van der Waals surface area contributed by atoms with Crippen LogP contribution in [0.15, 0.2) is 12.2 Å². The molecular weight excluding hydrogens is 124 g/mol. The predicted octanol–water partition coefficient (Wildman–Crippen LogP) is 1.41. The lowest BCUT2D eigenvalue weighted by Gasteiger charge is -2.18. The van der Waals surface area contributed by atoms with E-state index >= 15 is 0 Å². The van der Waals surface area contributed by atoms with Gasteiger partial charge in [-0.3, -0.25) is 4.90 Å². The van der Waals surface area contributed by atoms with Gasteiger partial charge in [-0.2, -0.15) is 5.26 Å². The molecule has 1 atom stereocenters.